The van der Waals surface area contributed by atoms with Crippen LogP contribution in [-0.4, -0.2) is 38.6 Å². The third kappa shape index (κ3) is 4.34. The molecule has 160 valence electrons. The van der Waals surface area contributed by atoms with Crippen molar-refractivity contribution in [3.63, 3.8) is 0 Å². The minimum atomic E-state index is 0.201. The van der Waals surface area contributed by atoms with Crippen molar-refractivity contribution in [2.45, 2.75) is 41.9 Å². The van der Waals surface area contributed by atoms with Crippen LogP contribution < -0.4 is 20.9 Å². The third-order valence-electron chi connectivity index (χ3n) is 5.07. The van der Waals surface area contributed by atoms with E-state index < -0.39 is 0 Å². The van der Waals surface area contributed by atoms with Gasteiger partial charge in [0.2, 0.25) is 6.79 Å². The Morgan fingerprint density at radius 2 is 2.00 bits per heavy atom. The largest absolute Gasteiger partial charge is 0.454 e. The van der Waals surface area contributed by atoms with Crippen molar-refractivity contribution in [1.82, 2.24) is 19.5 Å². The van der Waals surface area contributed by atoms with E-state index in [1.54, 1.807) is 6.26 Å². The summed E-state index contributed by atoms with van der Waals surface area (Å²) in [7, 11) is 0. The van der Waals surface area contributed by atoms with Crippen molar-refractivity contribution < 1.29 is 9.47 Å². The van der Waals surface area contributed by atoms with E-state index in [9.17, 15) is 0 Å². The molecular weight excluding hydrogens is 488 g/mol. The van der Waals surface area contributed by atoms with Crippen LogP contribution in [0.4, 0.5) is 5.82 Å². The zero-order valence-corrected chi connectivity index (χ0v) is 19.7. The number of nitrogen functional groups attached to an aromatic ring is 1. The van der Waals surface area contributed by atoms with Crippen LogP contribution in [0.2, 0.25) is 0 Å². The van der Waals surface area contributed by atoms with Crippen molar-refractivity contribution in [2.24, 2.45) is 11.7 Å². The van der Waals surface area contributed by atoms with Gasteiger partial charge < -0.3 is 25.5 Å². The Morgan fingerprint density at radius 3 is 2.73 bits per heavy atom. The van der Waals surface area contributed by atoms with Gasteiger partial charge in [0.15, 0.2) is 33.6 Å². The van der Waals surface area contributed by atoms with Gasteiger partial charge in [-0.3, -0.25) is 0 Å². The zero-order chi connectivity index (χ0) is 21.3. The quantitative estimate of drug-likeness (QED) is 0.429. The predicted molar refractivity (Wildman–Crippen MR) is 124 cm³/mol. The van der Waals surface area contributed by atoms with Gasteiger partial charge in [0.25, 0.3) is 0 Å². The molecule has 1 aliphatic heterocycles. The molecular formula is C19H23BrN6O2S2. The first kappa shape index (κ1) is 21.5. The summed E-state index contributed by atoms with van der Waals surface area (Å²) in [5.74, 6) is 2.48. The van der Waals surface area contributed by atoms with Gasteiger partial charge in [0.1, 0.15) is 6.33 Å². The highest BCUT2D eigenvalue weighted by molar-refractivity contribution is 9.10. The lowest BCUT2D eigenvalue weighted by Gasteiger charge is -2.13. The molecule has 0 spiro atoms. The Labute approximate surface area is 192 Å². The molecule has 0 saturated heterocycles. The molecule has 1 saturated carbocycles. The van der Waals surface area contributed by atoms with Gasteiger partial charge in [0.05, 0.1) is 0 Å². The molecule has 3 heterocycles. The first-order valence-electron chi connectivity index (χ1n) is 9.54. The summed E-state index contributed by atoms with van der Waals surface area (Å²) in [6.07, 6.45) is 6.50. The van der Waals surface area contributed by atoms with Gasteiger partial charge in [-0.15, -0.1) is 0 Å². The van der Waals surface area contributed by atoms with Gasteiger partial charge in [-0.05, 0) is 59.5 Å². The monoisotopic (exact) mass is 510 g/mol. The Kier molecular flexibility index (Phi) is 6.61. The fraction of sp³-hybridized carbons (Fsp3) is 0.421. The lowest BCUT2D eigenvalue weighted by molar-refractivity contribution is 0.174. The third-order valence-corrected chi connectivity index (χ3v) is 7.04. The summed E-state index contributed by atoms with van der Waals surface area (Å²) in [6, 6.07) is 4.06. The molecule has 0 amide bonds. The number of nitrogens with two attached hydrogens (primary N) is 2. The smallest absolute Gasteiger partial charge is 0.231 e. The molecule has 5 rings (SSSR count). The van der Waals surface area contributed by atoms with Gasteiger partial charge in [-0.25, -0.2) is 15.0 Å². The number of ether oxygens (including phenoxy) is 2. The van der Waals surface area contributed by atoms with E-state index in [0.29, 0.717) is 17.3 Å². The van der Waals surface area contributed by atoms with E-state index in [1.807, 2.05) is 12.1 Å². The normalized spacial score (nSPS) is 15.7. The average Bonchev–Trinajstić information content (AvgIpc) is 3.41. The minimum Gasteiger partial charge on any atom is -0.454 e. The summed E-state index contributed by atoms with van der Waals surface area (Å²) >= 11 is 8.66. The van der Waals surface area contributed by atoms with Gasteiger partial charge in [0, 0.05) is 22.0 Å². The molecule has 1 unspecified atom stereocenters. The lowest BCUT2D eigenvalue weighted by Crippen LogP contribution is -2.24. The number of hydrogen-bond acceptors (Lipinski definition) is 9. The molecule has 0 bridgehead atoms. The van der Waals surface area contributed by atoms with Crippen LogP contribution in [0.25, 0.3) is 11.2 Å². The number of anilines is 1. The molecule has 3 aromatic rings. The number of nitrogens with zero attached hydrogens (tertiary/aromatic N) is 4. The van der Waals surface area contributed by atoms with Crippen molar-refractivity contribution in [1.29, 1.82) is 0 Å². The number of benzene rings is 1. The molecule has 1 aromatic carbocycles. The maximum Gasteiger partial charge on any atom is 0.231 e. The zero-order valence-electron chi connectivity index (χ0n) is 16.4. The number of rotatable bonds is 6. The molecule has 1 fully saturated rings. The molecule has 2 aromatic heterocycles. The van der Waals surface area contributed by atoms with Crippen LogP contribution in [0.3, 0.4) is 0 Å². The molecule has 8 nitrogen and oxygen atoms in total. The number of thiol groups is 1. The van der Waals surface area contributed by atoms with Gasteiger partial charge in [-0.1, -0.05) is 11.8 Å². The van der Waals surface area contributed by atoms with Crippen LogP contribution in [0.15, 0.2) is 33.0 Å². The van der Waals surface area contributed by atoms with Crippen LogP contribution in [0, 0.1) is 5.92 Å². The fourth-order valence-corrected chi connectivity index (χ4v) is 4.84. The number of halogens is 1. The molecule has 4 N–H and O–H groups in total. The van der Waals surface area contributed by atoms with Crippen molar-refractivity contribution in [3.05, 3.63) is 22.9 Å². The SMILES string of the molecule is CS.Nc1ncnc2c1nc(Sc1cc3c(cc1Br)OCO3)n2CCC(N)C1CC1. The van der Waals surface area contributed by atoms with Gasteiger partial charge >= 0.3 is 0 Å². The summed E-state index contributed by atoms with van der Waals surface area (Å²) in [5, 5.41) is 0.796. The number of fused-ring (bicyclic) bond motifs is 2. The first-order chi connectivity index (χ1) is 14.6. The summed E-state index contributed by atoms with van der Waals surface area (Å²) < 4.78 is 13.9. The van der Waals surface area contributed by atoms with Crippen LogP contribution in [0.1, 0.15) is 19.3 Å². The first-order valence-corrected chi connectivity index (χ1v) is 12.0. The van der Waals surface area contributed by atoms with Crippen molar-refractivity contribution in [3.8, 4) is 11.5 Å². The number of aryl methyl sites for hydroxylation is 1. The molecule has 30 heavy (non-hydrogen) atoms. The van der Waals surface area contributed by atoms with Crippen molar-refractivity contribution >= 4 is 57.3 Å². The summed E-state index contributed by atoms with van der Waals surface area (Å²) in [6.45, 7) is 0.967. The molecule has 0 radical (unpaired) electrons. The Hall–Kier alpha value is -1.69. The second-order valence-corrected chi connectivity index (χ2v) is 8.87. The number of aromatic nitrogens is 4. The molecule has 1 atom stereocenters. The molecule has 1 aliphatic carbocycles. The van der Waals surface area contributed by atoms with E-state index in [1.165, 1.54) is 30.9 Å². The van der Waals surface area contributed by atoms with Gasteiger partial charge in [-0.2, -0.15) is 12.6 Å². The summed E-state index contributed by atoms with van der Waals surface area (Å²) in [4.78, 5) is 14.2. The van der Waals surface area contributed by atoms with E-state index >= 15 is 0 Å². The molecule has 2 aliphatic rings. The standard InChI is InChI=1S/C18H19BrN6O2S.CH4S/c19-10-5-12-13(27-8-26-12)6-14(10)28-18-24-15-16(21)22-7-23-17(15)25(18)4-3-11(20)9-1-2-9;1-2/h5-7,9,11H,1-4,8,20H2,(H2,21,22,23);2H,1H3. The fourth-order valence-electron chi connectivity index (χ4n) is 3.33. The van der Waals surface area contributed by atoms with E-state index in [0.717, 1.165) is 44.6 Å². The number of hydrogen-bond donors (Lipinski definition) is 3. The summed E-state index contributed by atoms with van der Waals surface area (Å²) in [5.41, 5.74) is 13.7. The van der Waals surface area contributed by atoms with Crippen LogP contribution in [-0.2, 0) is 6.54 Å². The highest BCUT2D eigenvalue weighted by atomic mass is 79.9. The number of imidazole rings is 1. The van der Waals surface area contributed by atoms with Crippen LogP contribution in [0.5, 0.6) is 11.5 Å². The van der Waals surface area contributed by atoms with Crippen LogP contribution >= 0.6 is 40.3 Å². The van der Waals surface area contributed by atoms with Crippen molar-refractivity contribution in [2.75, 3.05) is 18.8 Å². The maximum atomic E-state index is 6.32. The van der Waals surface area contributed by atoms with E-state index in [4.69, 9.17) is 25.9 Å². The van der Waals surface area contributed by atoms with E-state index in [2.05, 4.69) is 43.1 Å². The second-order valence-electron chi connectivity index (χ2n) is 7.01. The van der Waals surface area contributed by atoms with E-state index in [-0.39, 0.29) is 12.8 Å². The topological polar surface area (TPSA) is 114 Å². The highest BCUT2D eigenvalue weighted by Gasteiger charge is 2.29. The average molecular weight is 511 g/mol. The molecule has 11 heteroatoms. The maximum absolute atomic E-state index is 6.32. The second kappa shape index (κ2) is 9.21. The lowest BCUT2D eigenvalue weighted by atomic mass is 10.1. The Balaban J connectivity index is 0.00000106. The Morgan fingerprint density at radius 1 is 1.27 bits per heavy atom. The predicted octanol–water partition coefficient (Wildman–Crippen LogP) is 3.72. The Bertz CT molecular complexity index is 1060. The minimum absolute atomic E-state index is 0.201. The highest BCUT2D eigenvalue weighted by Crippen LogP contribution is 2.43.